The van der Waals surface area contributed by atoms with Crippen LogP contribution in [0, 0.1) is 27.6 Å². The zero-order valence-corrected chi connectivity index (χ0v) is 14.4. The number of nitro groups is 1. The lowest BCUT2D eigenvalue weighted by atomic mass is 10.3. The lowest BCUT2D eigenvalue weighted by molar-refractivity contribution is -0.385. The molecule has 0 saturated carbocycles. The van der Waals surface area contributed by atoms with Crippen molar-refractivity contribution in [1.29, 1.82) is 0 Å². The van der Waals surface area contributed by atoms with Crippen LogP contribution >= 0.6 is 0 Å². The largest absolute Gasteiger partial charge is 0.338 e. The molecule has 1 aromatic carbocycles. The maximum Gasteiger partial charge on any atom is 0.305 e. The number of anilines is 1. The van der Waals surface area contributed by atoms with Gasteiger partial charge < -0.3 is 4.90 Å². The minimum Gasteiger partial charge on any atom is -0.338 e. The van der Waals surface area contributed by atoms with E-state index in [0.29, 0.717) is 12.1 Å². The number of rotatable bonds is 4. The molecular weight excluding hydrogens is 391 g/mol. The average molecular weight is 403 g/mol. The predicted molar refractivity (Wildman–Crippen MR) is 86.0 cm³/mol. The molecule has 2 aromatic rings. The Morgan fingerprint density at radius 1 is 1.00 bits per heavy atom. The molecule has 0 spiro atoms. The van der Waals surface area contributed by atoms with Crippen LogP contribution in [0.1, 0.15) is 0 Å². The van der Waals surface area contributed by atoms with E-state index in [1.165, 1.54) is 0 Å². The number of sulfonamides is 1. The van der Waals surface area contributed by atoms with Gasteiger partial charge in [-0.05, 0) is 12.1 Å². The number of halogens is 3. The molecule has 0 unspecified atom stereocenters. The van der Waals surface area contributed by atoms with Crippen molar-refractivity contribution in [3.8, 4) is 0 Å². The molecule has 3 rings (SSSR count). The van der Waals surface area contributed by atoms with E-state index < -0.39 is 37.3 Å². The predicted octanol–water partition coefficient (Wildman–Crippen LogP) is 1.31. The van der Waals surface area contributed by atoms with E-state index in [1.807, 2.05) is 0 Å². The van der Waals surface area contributed by atoms with Gasteiger partial charge in [0.25, 0.3) is 0 Å². The molecule has 0 bridgehead atoms. The molecule has 1 fully saturated rings. The highest BCUT2D eigenvalue weighted by Gasteiger charge is 2.33. The van der Waals surface area contributed by atoms with Gasteiger partial charge in [-0.25, -0.2) is 31.6 Å². The number of piperazine rings is 1. The molecule has 1 saturated heterocycles. The van der Waals surface area contributed by atoms with E-state index in [4.69, 9.17) is 0 Å². The van der Waals surface area contributed by atoms with Crippen LogP contribution in [-0.4, -0.2) is 53.8 Å². The Labute approximate surface area is 151 Å². The Morgan fingerprint density at radius 2 is 1.59 bits per heavy atom. The van der Waals surface area contributed by atoms with Gasteiger partial charge in [0, 0.05) is 26.2 Å². The molecule has 2 heterocycles. The zero-order valence-electron chi connectivity index (χ0n) is 13.5. The molecule has 13 heteroatoms. The molecule has 0 radical (unpaired) electrons. The zero-order chi connectivity index (χ0) is 19.8. The lowest BCUT2D eigenvalue weighted by Gasteiger charge is -2.33. The normalized spacial score (nSPS) is 15.7. The summed E-state index contributed by atoms with van der Waals surface area (Å²) in [7, 11) is -4.36. The van der Waals surface area contributed by atoms with Gasteiger partial charge in [-0.3, -0.25) is 10.1 Å². The standard InChI is InChI=1S/C14H12F3N5O4S/c15-10-1-2-11(13(17)12(10)16)27(25,26)21-5-3-20(4-6-21)14-18-7-9(8-19-14)22(23)24/h1-2,7-8H,3-6H2. The molecule has 144 valence electrons. The summed E-state index contributed by atoms with van der Waals surface area (Å²) in [6.45, 7) is 0.0902. The molecule has 1 aliphatic rings. The molecule has 0 aliphatic carbocycles. The van der Waals surface area contributed by atoms with E-state index in [9.17, 15) is 31.7 Å². The Kier molecular flexibility index (Phi) is 4.97. The van der Waals surface area contributed by atoms with Crippen LogP contribution in [0.15, 0.2) is 29.4 Å². The Morgan fingerprint density at radius 3 is 2.15 bits per heavy atom. The molecule has 1 aromatic heterocycles. The third kappa shape index (κ3) is 3.55. The van der Waals surface area contributed by atoms with Crippen LogP contribution in [0.4, 0.5) is 24.8 Å². The number of nitrogens with zero attached hydrogens (tertiary/aromatic N) is 5. The van der Waals surface area contributed by atoms with Gasteiger partial charge in [0.2, 0.25) is 16.0 Å². The summed E-state index contributed by atoms with van der Waals surface area (Å²) < 4.78 is 66.2. The Balaban J connectivity index is 1.75. The lowest BCUT2D eigenvalue weighted by Crippen LogP contribution is -2.49. The minimum atomic E-state index is -4.36. The highest BCUT2D eigenvalue weighted by atomic mass is 32.2. The monoisotopic (exact) mass is 403 g/mol. The van der Waals surface area contributed by atoms with Gasteiger partial charge in [-0.15, -0.1) is 0 Å². The summed E-state index contributed by atoms with van der Waals surface area (Å²) in [5, 5.41) is 10.6. The highest BCUT2D eigenvalue weighted by Crippen LogP contribution is 2.24. The first-order valence-electron chi connectivity index (χ1n) is 7.57. The van der Waals surface area contributed by atoms with Crippen molar-refractivity contribution in [2.75, 3.05) is 31.1 Å². The highest BCUT2D eigenvalue weighted by molar-refractivity contribution is 7.89. The fourth-order valence-corrected chi connectivity index (χ4v) is 4.03. The van der Waals surface area contributed by atoms with Gasteiger partial charge in [-0.1, -0.05) is 0 Å². The van der Waals surface area contributed by atoms with Crippen molar-refractivity contribution in [1.82, 2.24) is 14.3 Å². The fraction of sp³-hybridized carbons (Fsp3) is 0.286. The van der Waals surface area contributed by atoms with E-state index in [1.54, 1.807) is 4.90 Å². The van der Waals surface area contributed by atoms with E-state index in [-0.39, 0.29) is 37.8 Å². The number of hydrogen-bond acceptors (Lipinski definition) is 7. The quantitative estimate of drug-likeness (QED) is 0.430. The van der Waals surface area contributed by atoms with Gasteiger partial charge in [0.1, 0.15) is 17.3 Å². The van der Waals surface area contributed by atoms with Crippen LogP contribution < -0.4 is 4.90 Å². The second kappa shape index (κ2) is 7.08. The molecular formula is C14H12F3N5O4S. The summed E-state index contributed by atoms with van der Waals surface area (Å²) >= 11 is 0. The summed E-state index contributed by atoms with van der Waals surface area (Å²) in [5.74, 6) is -4.92. The molecule has 0 N–H and O–H groups in total. The third-order valence-corrected chi connectivity index (χ3v) is 5.89. The fourth-order valence-electron chi connectivity index (χ4n) is 2.55. The van der Waals surface area contributed by atoms with Crippen LogP contribution in [0.3, 0.4) is 0 Å². The molecule has 0 atom stereocenters. The van der Waals surface area contributed by atoms with Crippen molar-refractivity contribution in [3.05, 3.63) is 52.1 Å². The molecule has 9 nitrogen and oxygen atoms in total. The first kappa shape index (κ1) is 19.0. The van der Waals surface area contributed by atoms with Crippen LogP contribution in [0.2, 0.25) is 0 Å². The van der Waals surface area contributed by atoms with Crippen molar-refractivity contribution in [2.24, 2.45) is 0 Å². The first-order chi connectivity index (χ1) is 12.7. The smallest absolute Gasteiger partial charge is 0.305 e. The number of aromatic nitrogens is 2. The second-order valence-electron chi connectivity index (χ2n) is 5.56. The van der Waals surface area contributed by atoms with Crippen LogP contribution in [-0.2, 0) is 10.0 Å². The summed E-state index contributed by atoms with van der Waals surface area (Å²) in [6.07, 6.45) is 2.06. The second-order valence-corrected chi connectivity index (χ2v) is 7.47. The average Bonchev–Trinajstić information content (AvgIpc) is 2.66. The minimum absolute atomic E-state index is 0.0822. The summed E-state index contributed by atoms with van der Waals surface area (Å²) in [4.78, 5) is 18.3. The van der Waals surface area contributed by atoms with Crippen molar-refractivity contribution in [3.63, 3.8) is 0 Å². The van der Waals surface area contributed by atoms with Gasteiger partial charge >= 0.3 is 5.69 Å². The van der Waals surface area contributed by atoms with Crippen molar-refractivity contribution < 1.29 is 26.5 Å². The third-order valence-electron chi connectivity index (χ3n) is 3.97. The van der Waals surface area contributed by atoms with Gasteiger partial charge in [0.05, 0.1) is 4.92 Å². The van der Waals surface area contributed by atoms with E-state index in [0.717, 1.165) is 16.7 Å². The summed E-state index contributed by atoms with van der Waals surface area (Å²) in [5.41, 5.74) is -0.284. The maximum absolute atomic E-state index is 13.9. The van der Waals surface area contributed by atoms with Crippen molar-refractivity contribution >= 4 is 21.7 Å². The van der Waals surface area contributed by atoms with E-state index >= 15 is 0 Å². The van der Waals surface area contributed by atoms with Crippen LogP contribution in [0.5, 0.6) is 0 Å². The SMILES string of the molecule is O=[N+]([O-])c1cnc(N2CCN(S(=O)(=O)c3ccc(F)c(F)c3F)CC2)nc1. The van der Waals surface area contributed by atoms with Crippen molar-refractivity contribution in [2.45, 2.75) is 4.90 Å². The molecule has 27 heavy (non-hydrogen) atoms. The Hall–Kier alpha value is -2.80. The summed E-state index contributed by atoms with van der Waals surface area (Å²) in [6, 6.07) is 1.22. The maximum atomic E-state index is 13.9. The van der Waals surface area contributed by atoms with Gasteiger partial charge in [-0.2, -0.15) is 4.31 Å². The topological polar surface area (TPSA) is 110 Å². The molecule has 1 aliphatic heterocycles. The van der Waals surface area contributed by atoms with Crippen LogP contribution in [0.25, 0.3) is 0 Å². The number of benzene rings is 1. The van der Waals surface area contributed by atoms with Gasteiger partial charge in [0.15, 0.2) is 17.5 Å². The van der Waals surface area contributed by atoms with E-state index in [2.05, 4.69) is 9.97 Å². The Bertz CT molecular complexity index is 979. The number of hydrogen-bond donors (Lipinski definition) is 0. The first-order valence-corrected chi connectivity index (χ1v) is 9.01. The molecule has 0 amide bonds.